The van der Waals surface area contributed by atoms with Crippen LogP contribution in [0.25, 0.3) is 0 Å². The van der Waals surface area contributed by atoms with Crippen LogP contribution in [0.2, 0.25) is 0 Å². The molecule has 2 aliphatic rings. The summed E-state index contributed by atoms with van der Waals surface area (Å²) in [7, 11) is -2.96. The molecule has 2 saturated carbocycles. The van der Waals surface area contributed by atoms with Crippen LogP contribution in [0.5, 0.6) is 0 Å². The van der Waals surface area contributed by atoms with E-state index in [0.717, 1.165) is 36.9 Å². The molecule has 0 spiro atoms. The molecule has 3 rings (SSSR count). The SMILES string of the molecule is CS(=O)(=O)CCc1ccc(NC(=O)C2CC3CCCC(C2)C3N)cc1. The quantitative estimate of drug-likeness (QED) is 0.839. The van der Waals surface area contributed by atoms with Crippen molar-refractivity contribution in [2.75, 3.05) is 17.3 Å². The molecule has 25 heavy (non-hydrogen) atoms. The third-order valence-electron chi connectivity index (χ3n) is 5.77. The van der Waals surface area contributed by atoms with Gasteiger partial charge in [0.1, 0.15) is 9.84 Å². The second-order valence-electron chi connectivity index (χ2n) is 7.76. The molecule has 5 nitrogen and oxygen atoms in total. The molecule has 3 N–H and O–H groups in total. The van der Waals surface area contributed by atoms with E-state index < -0.39 is 9.84 Å². The summed E-state index contributed by atoms with van der Waals surface area (Å²) in [5.41, 5.74) is 8.03. The van der Waals surface area contributed by atoms with E-state index in [1.54, 1.807) is 0 Å². The summed E-state index contributed by atoms with van der Waals surface area (Å²) in [5.74, 6) is 1.26. The minimum Gasteiger partial charge on any atom is -0.327 e. The topological polar surface area (TPSA) is 89.3 Å². The number of sulfone groups is 1. The Kier molecular flexibility index (Phi) is 5.49. The average Bonchev–Trinajstić information content (AvgIpc) is 2.53. The van der Waals surface area contributed by atoms with E-state index in [4.69, 9.17) is 5.73 Å². The second kappa shape index (κ2) is 7.46. The summed E-state index contributed by atoms with van der Waals surface area (Å²) in [6.07, 6.45) is 7.08. The van der Waals surface area contributed by atoms with Gasteiger partial charge in [-0.3, -0.25) is 4.79 Å². The van der Waals surface area contributed by atoms with E-state index in [0.29, 0.717) is 18.3 Å². The molecule has 0 saturated heterocycles. The Morgan fingerprint density at radius 1 is 1.16 bits per heavy atom. The van der Waals surface area contributed by atoms with E-state index in [9.17, 15) is 13.2 Å². The zero-order chi connectivity index (χ0) is 18.0. The van der Waals surface area contributed by atoms with Crippen molar-refractivity contribution in [2.24, 2.45) is 23.5 Å². The first-order valence-electron chi connectivity index (χ1n) is 9.15. The minimum atomic E-state index is -2.96. The van der Waals surface area contributed by atoms with Gasteiger partial charge in [0, 0.05) is 23.9 Å². The molecule has 2 aliphatic carbocycles. The highest BCUT2D eigenvalue weighted by Gasteiger charge is 2.40. The highest BCUT2D eigenvalue weighted by Crippen LogP contribution is 2.42. The van der Waals surface area contributed by atoms with Gasteiger partial charge in [0.05, 0.1) is 5.75 Å². The zero-order valence-electron chi connectivity index (χ0n) is 14.8. The summed E-state index contributed by atoms with van der Waals surface area (Å²) in [5, 5.41) is 3.02. The maximum absolute atomic E-state index is 12.6. The molecule has 0 heterocycles. The molecule has 1 amide bonds. The molecule has 6 heteroatoms. The van der Waals surface area contributed by atoms with Gasteiger partial charge >= 0.3 is 0 Å². The summed E-state index contributed by atoms with van der Waals surface area (Å²) in [6, 6.07) is 7.74. The lowest BCUT2D eigenvalue weighted by atomic mass is 9.65. The van der Waals surface area contributed by atoms with Crippen LogP contribution in [0.4, 0.5) is 5.69 Å². The lowest BCUT2D eigenvalue weighted by molar-refractivity contribution is -0.122. The molecule has 2 fully saturated rings. The second-order valence-corrected chi connectivity index (χ2v) is 10.0. The van der Waals surface area contributed by atoms with Crippen molar-refractivity contribution in [2.45, 2.75) is 44.6 Å². The maximum atomic E-state index is 12.6. The van der Waals surface area contributed by atoms with Gasteiger partial charge in [0.2, 0.25) is 5.91 Å². The molecule has 138 valence electrons. The van der Waals surface area contributed by atoms with Gasteiger partial charge in [-0.25, -0.2) is 8.42 Å². The summed E-state index contributed by atoms with van der Waals surface area (Å²) >= 11 is 0. The summed E-state index contributed by atoms with van der Waals surface area (Å²) in [4.78, 5) is 12.6. The Hall–Kier alpha value is -1.40. The molecule has 1 aromatic rings. The summed E-state index contributed by atoms with van der Waals surface area (Å²) < 4.78 is 22.5. The lowest BCUT2D eigenvalue weighted by Gasteiger charge is -2.43. The Bertz CT molecular complexity index is 701. The number of carbonyl (C=O) groups excluding carboxylic acids is 1. The Balaban J connectivity index is 1.56. The Morgan fingerprint density at radius 2 is 1.76 bits per heavy atom. The number of anilines is 1. The number of fused-ring (bicyclic) bond motifs is 2. The van der Waals surface area contributed by atoms with E-state index in [1.165, 1.54) is 12.7 Å². The molecular weight excluding hydrogens is 336 g/mol. The minimum absolute atomic E-state index is 0.0556. The summed E-state index contributed by atoms with van der Waals surface area (Å²) in [6.45, 7) is 0. The fourth-order valence-electron chi connectivity index (χ4n) is 4.31. The maximum Gasteiger partial charge on any atom is 0.227 e. The highest BCUT2D eigenvalue weighted by molar-refractivity contribution is 7.90. The smallest absolute Gasteiger partial charge is 0.227 e. The van der Waals surface area contributed by atoms with Crippen LogP contribution in [-0.2, 0) is 21.1 Å². The van der Waals surface area contributed by atoms with Crippen LogP contribution in [0.15, 0.2) is 24.3 Å². The molecular formula is C19H28N2O3S. The predicted octanol–water partition coefficient (Wildman–Crippen LogP) is 2.37. The van der Waals surface area contributed by atoms with Crippen LogP contribution < -0.4 is 11.1 Å². The van der Waals surface area contributed by atoms with Crippen molar-refractivity contribution in [1.29, 1.82) is 0 Å². The van der Waals surface area contributed by atoms with E-state index >= 15 is 0 Å². The first kappa shape index (κ1) is 18.4. The van der Waals surface area contributed by atoms with Crippen LogP contribution in [0, 0.1) is 17.8 Å². The van der Waals surface area contributed by atoms with Crippen molar-refractivity contribution in [3.05, 3.63) is 29.8 Å². The van der Waals surface area contributed by atoms with Crippen LogP contribution in [0.1, 0.15) is 37.7 Å². The number of carbonyl (C=O) groups is 1. The van der Waals surface area contributed by atoms with Gasteiger partial charge in [-0.2, -0.15) is 0 Å². The van der Waals surface area contributed by atoms with Crippen LogP contribution in [0.3, 0.4) is 0 Å². The number of benzene rings is 1. The van der Waals surface area contributed by atoms with E-state index in [2.05, 4.69) is 5.32 Å². The number of nitrogens with one attached hydrogen (secondary N) is 1. The number of nitrogens with two attached hydrogens (primary N) is 1. The third-order valence-corrected chi connectivity index (χ3v) is 6.71. The standard InChI is InChI=1S/C19H28N2O3S/c1-25(23,24)10-9-13-5-7-17(8-6-13)21-19(22)16-11-14-3-2-4-15(12-16)18(14)20/h5-8,14-16,18H,2-4,9-12,20H2,1H3,(H,21,22). The lowest BCUT2D eigenvalue weighted by Crippen LogP contribution is -2.48. The van der Waals surface area contributed by atoms with Gasteiger partial charge in [0.25, 0.3) is 0 Å². The molecule has 2 atom stereocenters. The number of amides is 1. The van der Waals surface area contributed by atoms with Gasteiger partial charge in [-0.15, -0.1) is 0 Å². The van der Waals surface area contributed by atoms with Gasteiger partial charge in [-0.05, 0) is 61.6 Å². The number of hydrogen-bond acceptors (Lipinski definition) is 4. The zero-order valence-corrected chi connectivity index (χ0v) is 15.6. The van der Waals surface area contributed by atoms with Crippen LogP contribution in [-0.4, -0.2) is 32.4 Å². The normalized spacial score (nSPS) is 29.2. The van der Waals surface area contributed by atoms with Crippen LogP contribution >= 0.6 is 0 Å². The third kappa shape index (κ3) is 4.82. The first-order chi connectivity index (χ1) is 11.8. The molecule has 2 unspecified atom stereocenters. The highest BCUT2D eigenvalue weighted by atomic mass is 32.2. The number of hydrogen-bond donors (Lipinski definition) is 2. The van der Waals surface area contributed by atoms with Crippen molar-refractivity contribution in [1.82, 2.24) is 0 Å². The monoisotopic (exact) mass is 364 g/mol. The largest absolute Gasteiger partial charge is 0.327 e. The number of aryl methyl sites for hydroxylation is 1. The predicted molar refractivity (Wildman–Crippen MR) is 100 cm³/mol. The molecule has 0 radical (unpaired) electrons. The van der Waals surface area contributed by atoms with E-state index in [-0.39, 0.29) is 23.6 Å². The van der Waals surface area contributed by atoms with Gasteiger partial charge < -0.3 is 11.1 Å². The molecule has 2 bridgehead atoms. The molecule has 1 aromatic carbocycles. The fourth-order valence-corrected chi connectivity index (χ4v) is 4.91. The average molecular weight is 365 g/mol. The molecule has 0 aromatic heterocycles. The Morgan fingerprint density at radius 3 is 2.32 bits per heavy atom. The van der Waals surface area contributed by atoms with Gasteiger partial charge in [0.15, 0.2) is 0 Å². The van der Waals surface area contributed by atoms with E-state index in [1.807, 2.05) is 24.3 Å². The van der Waals surface area contributed by atoms with Crippen molar-refractivity contribution in [3.8, 4) is 0 Å². The van der Waals surface area contributed by atoms with Crippen molar-refractivity contribution >= 4 is 21.4 Å². The number of rotatable bonds is 5. The van der Waals surface area contributed by atoms with Crippen molar-refractivity contribution < 1.29 is 13.2 Å². The molecule has 0 aliphatic heterocycles. The Labute approximate surface area is 150 Å². The van der Waals surface area contributed by atoms with Gasteiger partial charge in [-0.1, -0.05) is 18.6 Å². The first-order valence-corrected chi connectivity index (χ1v) is 11.2. The van der Waals surface area contributed by atoms with Crippen molar-refractivity contribution in [3.63, 3.8) is 0 Å². The fraction of sp³-hybridized carbons (Fsp3) is 0.632.